The molecule has 0 saturated heterocycles. The predicted octanol–water partition coefficient (Wildman–Crippen LogP) is 3.98. The fourth-order valence-electron chi connectivity index (χ4n) is 3.30. The first-order valence-corrected chi connectivity index (χ1v) is 8.42. The number of aryl methyl sites for hydroxylation is 2. The van der Waals surface area contributed by atoms with Gasteiger partial charge in [-0.25, -0.2) is 15.0 Å². The molecule has 26 heavy (non-hydrogen) atoms. The maximum absolute atomic E-state index is 4.90. The van der Waals surface area contributed by atoms with E-state index in [9.17, 15) is 0 Å². The van der Waals surface area contributed by atoms with Crippen LogP contribution in [0.15, 0.2) is 55.0 Å². The van der Waals surface area contributed by atoms with Crippen molar-refractivity contribution < 1.29 is 0 Å². The number of pyridine rings is 2. The van der Waals surface area contributed by atoms with Gasteiger partial charge in [0.05, 0.1) is 28.7 Å². The Morgan fingerprint density at radius 2 is 1.81 bits per heavy atom. The highest BCUT2D eigenvalue weighted by atomic mass is 15.1. The Morgan fingerprint density at radius 1 is 0.885 bits per heavy atom. The molecular formula is C20H16N6. The molecule has 0 aliphatic heterocycles. The van der Waals surface area contributed by atoms with E-state index in [1.54, 1.807) is 6.33 Å². The Labute approximate surface area is 149 Å². The minimum absolute atomic E-state index is 0.837. The van der Waals surface area contributed by atoms with Gasteiger partial charge in [0.15, 0.2) is 5.65 Å². The fraction of sp³-hybridized carbons (Fsp3) is 0.100. The van der Waals surface area contributed by atoms with Crippen LogP contribution in [0, 0.1) is 13.8 Å². The maximum Gasteiger partial charge on any atom is 0.165 e. The highest BCUT2D eigenvalue weighted by molar-refractivity contribution is 5.81. The number of rotatable bonds is 2. The zero-order valence-corrected chi connectivity index (χ0v) is 14.4. The molecule has 6 nitrogen and oxygen atoms in total. The molecule has 0 amide bonds. The van der Waals surface area contributed by atoms with Gasteiger partial charge in [-0.2, -0.15) is 0 Å². The van der Waals surface area contributed by atoms with E-state index in [0.717, 1.165) is 50.7 Å². The van der Waals surface area contributed by atoms with Crippen LogP contribution < -0.4 is 0 Å². The lowest BCUT2D eigenvalue weighted by Gasteiger charge is -2.07. The molecular weight excluding hydrogens is 324 g/mol. The SMILES string of the molecule is Cc1cc(-c2ccc3nc(C)n(-c4ccc5[nH]cnc5c4)c3n2)ccn1. The van der Waals surface area contributed by atoms with Gasteiger partial charge in [0.2, 0.25) is 0 Å². The van der Waals surface area contributed by atoms with Gasteiger partial charge in [-0.1, -0.05) is 0 Å². The molecule has 6 heteroatoms. The summed E-state index contributed by atoms with van der Waals surface area (Å²) in [6.07, 6.45) is 3.51. The largest absolute Gasteiger partial charge is 0.345 e. The van der Waals surface area contributed by atoms with E-state index < -0.39 is 0 Å². The van der Waals surface area contributed by atoms with E-state index in [4.69, 9.17) is 4.98 Å². The third-order valence-corrected chi connectivity index (χ3v) is 4.53. The molecule has 1 aromatic carbocycles. The Hall–Kier alpha value is -3.54. The summed E-state index contributed by atoms with van der Waals surface area (Å²) in [7, 11) is 0. The number of fused-ring (bicyclic) bond motifs is 2. The lowest BCUT2D eigenvalue weighted by molar-refractivity contribution is 0.989. The van der Waals surface area contributed by atoms with Crippen molar-refractivity contribution in [3.8, 4) is 16.9 Å². The van der Waals surface area contributed by atoms with Gasteiger partial charge >= 0.3 is 0 Å². The smallest absolute Gasteiger partial charge is 0.165 e. The van der Waals surface area contributed by atoms with E-state index in [-0.39, 0.29) is 0 Å². The second-order valence-electron chi connectivity index (χ2n) is 6.32. The van der Waals surface area contributed by atoms with Gasteiger partial charge < -0.3 is 4.98 Å². The van der Waals surface area contributed by atoms with E-state index >= 15 is 0 Å². The molecule has 4 heterocycles. The summed E-state index contributed by atoms with van der Waals surface area (Å²) in [6.45, 7) is 3.97. The number of aromatic amines is 1. The maximum atomic E-state index is 4.90. The molecule has 0 unspecified atom stereocenters. The van der Waals surface area contributed by atoms with Crippen LogP contribution in [0.5, 0.6) is 0 Å². The molecule has 5 aromatic rings. The van der Waals surface area contributed by atoms with Gasteiger partial charge in [-0.3, -0.25) is 9.55 Å². The zero-order valence-electron chi connectivity index (χ0n) is 14.4. The summed E-state index contributed by atoms with van der Waals surface area (Å²) in [5, 5.41) is 0. The highest BCUT2D eigenvalue weighted by Crippen LogP contribution is 2.25. The van der Waals surface area contributed by atoms with Crippen molar-refractivity contribution in [1.82, 2.24) is 29.5 Å². The standard InChI is InChI=1S/C20H16N6/c1-12-9-14(7-8-21-12)16-5-6-18-20(25-16)26(13(2)24-18)15-3-4-17-19(10-15)23-11-22-17/h3-11H,1-2H3,(H,22,23). The highest BCUT2D eigenvalue weighted by Gasteiger charge is 2.13. The van der Waals surface area contributed by atoms with Crippen LogP contribution in [0.3, 0.4) is 0 Å². The number of benzene rings is 1. The van der Waals surface area contributed by atoms with Crippen LogP contribution in [0.25, 0.3) is 39.1 Å². The van der Waals surface area contributed by atoms with Gasteiger partial charge in [-0.15, -0.1) is 0 Å². The zero-order chi connectivity index (χ0) is 17.7. The van der Waals surface area contributed by atoms with Crippen LogP contribution in [0.2, 0.25) is 0 Å². The van der Waals surface area contributed by atoms with Gasteiger partial charge in [-0.05, 0) is 56.3 Å². The number of aromatic nitrogens is 6. The van der Waals surface area contributed by atoms with Crippen LogP contribution in [-0.2, 0) is 0 Å². The summed E-state index contributed by atoms with van der Waals surface area (Å²) >= 11 is 0. The van der Waals surface area contributed by atoms with Gasteiger partial charge in [0, 0.05) is 17.5 Å². The Bertz CT molecular complexity index is 1260. The Morgan fingerprint density at radius 3 is 2.69 bits per heavy atom. The minimum Gasteiger partial charge on any atom is -0.345 e. The lowest BCUT2D eigenvalue weighted by atomic mass is 10.1. The molecule has 0 spiro atoms. The van der Waals surface area contributed by atoms with Crippen LogP contribution in [0.4, 0.5) is 0 Å². The molecule has 0 atom stereocenters. The van der Waals surface area contributed by atoms with Crippen molar-refractivity contribution in [3.05, 3.63) is 66.5 Å². The van der Waals surface area contributed by atoms with Gasteiger partial charge in [0.1, 0.15) is 11.3 Å². The van der Waals surface area contributed by atoms with Crippen molar-refractivity contribution >= 4 is 22.2 Å². The number of imidazole rings is 2. The molecule has 5 rings (SSSR count). The number of nitrogens with one attached hydrogen (secondary N) is 1. The normalized spacial score (nSPS) is 11.5. The molecule has 0 saturated carbocycles. The van der Waals surface area contributed by atoms with Crippen molar-refractivity contribution in [3.63, 3.8) is 0 Å². The number of H-pyrrole nitrogens is 1. The number of hydrogen-bond acceptors (Lipinski definition) is 4. The minimum atomic E-state index is 0.837. The molecule has 0 aliphatic carbocycles. The summed E-state index contributed by atoms with van der Waals surface area (Å²) in [6, 6.07) is 14.2. The number of hydrogen-bond donors (Lipinski definition) is 1. The van der Waals surface area contributed by atoms with Crippen molar-refractivity contribution in [2.24, 2.45) is 0 Å². The lowest BCUT2D eigenvalue weighted by Crippen LogP contribution is -1.99. The third kappa shape index (κ3) is 2.27. The first-order valence-electron chi connectivity index (χ1n) is 8.42. The molecule has 0 aliphatic rings. The van der Waals surface area contributed by atoms with Crippen molar-refractivity contribution in [1.29, 1.82) is 0 Å². The van der Waals surface area contributed by atoms with Crippen molar-refractivity contribution in [2.45, 2.75) is 13.8 Å². The van der Waals surface area contributed by atoms with E-state index in [2.05, 4.69) is 30.6 Å². The molecule has 126 valence electrons. The van der Waals surface area contributed by atoms with Gasteiger partial charge in [0.25, 0.3) is 0 Å². The van der Waals surface area contributed by atoms with Crippen LogP contribution in [0.1, 0.15) is 11.5 Å². The second-order valence-corrected chi connectivity index (χ2v) is 6.32. The topological polar surface area (TPSA) is 72.3 Å². The van der Waals surface area contributed by atoms with E-state index in [1.165, 1.54) is 0 Å². The Kier molecular flexibility index (Phi) is 3.12. The average Bonchev–Trinajstić information content (AvgIpc) is 3.23. The summed E-state index contributed by atoms with van der Waals surface area (Å²) in [5.74, 6) is 0.894. The van der Waals surface area contributed by atoms with Crippen LogP contribution in [-0.4, -0.2) is 29.5 Å². The predicted molar refractivity (Wildman–Crippen MR) is 101 cm³/mol. The average molecular weight is 340 g/mol. The summed E-state index contributed by atoms with van der Waals surface area (Å²) in [4.78, 5) is 21.3. The second kappa shape index (κ2) is 5.49. The summed E-state index contributed by atoms with van der Waals surface area (Å²) < 4.78 is 2.07. The fourth-order valence-corrected chi connectivity index (χ4v) is 3.30. The Balaban J connectivity index is 1.74. The first-order chi connectivity index (χ1) is 12.7. The molecule has 4 aromatic heterocycles. The molecule has 0 radical (unpaired) electrons. The summed E-state index contributed by atoms with van der Waals surface area (Å²) in [5.41, 5.74) is 7.57. The number of nitrogens with zero attached hydrogens (tertiary/aromatic N) is 5. The first kappa shape index (κ1) is 14.8. The van der Waals surface area contributed by atoms with Crippen LogP contribution >= 0.6 is 0 Å². The molecule has 0 fully saturated rings. The quantitative estimate of drug-likeness (QED) is 0.528. The third-order valence-electron chi connectivity index (χ3n) is 4.53. The molecule has 0 bridgehead atoms. The molecule has 1 N–H and O–H groups in total. The van der Waals surface area contributed by atoms with E-state index in [0.29, 0.717) is 0 Å². The van der Waals surface area contributed by atoms with E-state index in [1.807, 2.05) is 56.4 Å². The monoisotopic (exact) mass is 340 g/mol. The van der Waals surface area contributed by atoms with Crippen molar-refractivity contribution in [2.75, 3.05) is 0 Å².